The molecule has 4 heteroatoms. The van der Waals surface area contributed by atoms with E-state index in [-0.39, 0.29) is 0 Å². The first kappa shape index (κ1) is 11.4. The number of rotatable bonds is 4. The molecule has 0 saturated carbocycles. The Kier molecular flexibility index (Phi) is 3.74. The quantitative estimate of drug-likeness (QED) is 0.904. The number of aromatic nitrogens is 2. The minimum atomic E-state index is 0.842. The topological polar surface area (TPSA) is 40.7 Å². The van der Waals surface area contributed by atoms with Gasteiger partial charge in [-0.2, -0.15) is 5.10 Å². The van der Waals surface area contributed by atoms with Gasteiger partial charge in [-0.05, 0) is 18.7 Å². The molecular formula is C12H14BrN3. The van der Waals surface area contributed by atoms with Crippen molar-refractivity contribution in [3.05, 3.63) is 40.5 Å². The number of hydrogen-bond acceptors (Lipinski definition) is 2. The third-order valence-corrected chi connectivity index (χ3v) is 2.89. The largest absolute Gasteiger partial charge is 0.313 e. The summed E-state index contributed by atoms with van der Waals surface area (Å²) in [5.41, 5.74) is 3.43. The van der Waals surface area contributed by atoms with E-state index < -0.39 is 0 Å². The summed E-state index contributed by atoms with van der Waals surface area (Å²) >= 11 is 3.48. The standard InChI is InChI=1S/C12H14BrN3/c1-2-14-7-10-8-15-16-12(10)9-4-3-5-11(13)6-9/h3-6,8,14H,2,7H2,1H3,(H,15,16). The van der Waals surface area contributed by atoms with Crippen LogP contribution in [0.3, 0.4) is 0 Å². The second-order valence-corrected chi connectivity index (χ2v) is 4.48. The summed E-state index contributed by atoms with van der Waals surface area (Å²) in [6.45, 7) is 3.90. The molecule has 0 aliphatic rings. The molecule has 0 aliphatic heterocycles. The molecule has 1 aromatic carbocycles. The molecule has 0 atom stereocenters. The molecular weight excluding hydrogens is 266 g/mol. The Morgan fingerprint density at radius 2 is 2.31 bits per heavy atom. The van der Waals surface area contributed by atoms with Crippen molar-refractivity contribution in [1.82, 2.24) is 15.5 Å². The lowest BCUT2D eigenvalue weighted by molar-refractivity contribution is 0.728. The van der Waals surface area contributed by atoms with Crippen molar-refractivity contribution in [3.63, 3.8) is 0 Å². The first-order valence-electron chi connectivity index (χ1n) is 5.30. The Bertz CT molecular complexity index is 465. The molecule has 0 aliphatic carbocycles. The van der Waals surface area contributed by atoms with Gasteiger partial charge < -0.3 is 5.32 Å². The predicted molar refractivity (Wildman–Crippen MR) is 69.1 cm³/mol. The van der Waals surface area contributed by atoms with Crippen LogP contribution in [-0.4, -0.2) is 16.7 Å². The number of nitrogens with one attached hydrogen (secondary N) is 2. The molecule has 2 N–H and O–H groups in total. The molecule has 0 amide bonds. The number of hydrogen-bond donors (Lipinski definition) is 2. The number of benzene rings is 1. The molecule has 0 bridgehead atoms. The highest BCUT2D eigenvalue weighted by molar-refractivity contribution is 9.10. The Morgan fingerprint density at radius 3 is 3.06 bits per heavy atom. The van der Waals surface area contributed by atoms with Gasteiger partial charge in [0.05, 0.1) is 11.9 Å². The number of aromatic amines is 1. The van der Waals surface area contributed by atoms with Crippen LogP contribution in [0.4, 0.5) is 0 Å². The number of halogens is 1. The smallest absolute Gasteiger partial charge is 0.0695 e. The molecule has 0 saturated heterocycles. The molecule has 84 valence electrons. The molecule has 16 heavy (non-hydrogen) atoms. The number of nitrogens with zero attached hydrogens (tertiary/aromatic N) is 1. The SMILES string of the molecule is CCNCc1cn[nH]c1-c1cccc(Br)c1. The fourth-order valence-corrected chi connectivity index (χ4v) is 2.00. The van der Waals surface area contributed by atoms with E-state index in [2.05, 4.69) is 50.5 Å². The van der Waals surface area contributed by atoms with Gasteiger partial charge >= 0.3 is 0 Å². The first-order chi connectivity index (χ1) is 7.81. The third-order valence-electron chi connectivity index (χ3n) is 2.40. The minimum absolute atomic E-state index is 0.842. The maximum atomic E-state index is 4.10. The highest BCUT2D eigenvalue weighted by Crippen LogP contribution is 2.23. The molecule has 0 fully saturated rings. The van der Waals surface area contributed by atoms with Crippen molar-refractivity contribution in [3.8, 4) is 11.3 Å². The van der Waals surface area contributed by atoms with Gasteiger partial charge in [0, 0.05) is 22.1 Å². The maximum absolute atomic E-state index is 4.10. The van der Waals surface area contributed by atoms with Gasteiger partial charge in [0.15, 0.2) is 0 Å². The monoisotopic (exact) mass is 279 g/mol. The molecule has 0 radical (unpaired) electrons. The summed E-state index contributed by atoms with van der Waals surface area (Å²) < 4.78 is 1.08. The summed E-state index contributed by atoms with van der Waals surface area (Å²) in [6.07, 6.45) is 1.87. The zero-order chi connectivity index (χ0) is 11.4. The average Bonchev–Trinajstić information content (AvgIpc) is 2.74. The summed E-state index contributed by atoms with van der Waals surface area (Å²) in [6, 6.07) is 8.21. The second-order valence-electron chi connectivity index (χ2n) is 3.56. The van der Waals surface area contributed by atoms with Crippen molar-refractivity contribution in [1.29, 1.82) is 0 Å². The summed E-state index contributed by atoms with van der Waals surface area (Å²) in [5, 5.41) is 10.5. The molecule has 1 aromatic heterocycles. The Balaban J connectivity index is 2.29. The van der Waals surface area contributed by atoms with Crippen molar-refractivity contribution in [2.75, 3.05) is 6.54 Å². The predicted octanol–water partition coefficient (Wildman–Crippen LogP) is 2.95. The number of H-pyrrole nitrogens is 1. The van der Waals surface area contributed by atoms with Gasteiger partial charge in [-0.3, -0.25) is 5.10 Å². The van der Waals surface area contributed by atoms with Crippen LogP contribution in [0.1, 0.15) is 12.5 Å². The van der Waals surface area contributed by atoms with E-state index in [1.54, 1.807) is 0 Å². The molecule has 1 heterocycles. The van der Waals surface area contributed by atoms with Crippen LogP contribution >= 0.6 is 15.9 Å². The van der Waals surface area contributed by atoms with Crippen molar-refractivity contribution >= 4 is 15.9 Å². The maximum Gasteiger partial charge on any atom is 0.0695 e. The lowest BCUT2D eigenvalue weighted by atomic mass is 10.1. The zero-order valence-corrected chi connectivity index (χ0v) is 10.7. The van der Waals surface area contributed by atoms with Crippen molar-refractivity contribution < 1.29 is 0 Å². The van der Waals surface area contributed by atoms with E-state index in [1.165, 1.54) is 5.56 Å². The van der Waals surface area contributed by atoms with Gasteiger partial charge in [0.1, 0.15) is 0 Å². The fraction of sp³-hybridized carbons (Fsp3) is 0.250. The van der Waals surface area contributed by atoms with Crippen molar-refractivity contribution in [2.24, 2.45) is 0 Å². The van der Waals surface area contributed by atoms with E-state index in [1.807, 2.05) is 18.3 Å². The highest BCUT2D eigenvalue weighted by atomic mass is 79.9. The Hall–Kier alpha value is -1.13. The first-order valence-corrected chi connectivity index (χ1v) is 6.09. The van der Waals surface area contributed by atoms with Gasteiger partial charge in [-0.25, -0.2) is 0 Å². The van der Waals surface area contributed by atoms with Crippen LogP contribution in [0, 0.1) is 0 Å². The Labute approximate surface area is 103 Å². The summed E-state index contributed by atoms with van der Waals surface area (Å²) in [7, 11) is 0. The fourth-order valence-electron chi connectivity index (χ4n) is 1.60. The minimum Gasteiger partial charge on any atom is -0.313 e. The van der Waals surface area contributed by atoms with E-state index in [4.69, 9.17) is 0 Å². The molecule has 2 aromatic rings. The van der Waals surface area contributed by atoms with Crippen LogP contribution in [0.15, 0.2) is 34.9 Å². The van der Waals surface area contributed by atoms with Gasteiger partial charge in [-0.1, -0.05) is 35.0 Å². The van der Waals surface area contributed by atoms with Gasteiger partial charge in [0.2, 0.25) is 0 Å². The van der Waals surface area contributed by atoms with Crippen molar-refractivity contribution in [2.45, 2.75) is 13.5 Å². The lowest BCUT2D eigenvalue weighted by Crippen LogP contribution is -2.11. The van der Waals surface area contributed by atoms with Gasteiger partial charge in [-0.15, -0.1) is 0 Å². The van der Waals surface area contributed by atoms with Gasteiger partial charge in [0.25, 0.3) is 0 Å². The highest BCUT2D eigenvalue weighted by Gasteiger charge is 2.06. The van der Waals surface area contributed by atoms with Crippen LogP contribution in [0.2, 0.25) is 0 Å². The molecule has 0 unspecified atom stereocenters. The molecule has 0 spiro atoms. The normalized spacial score (nSPS) is 10.6. The Morgan fingerprint density at radius 1 is 1.44 bits per heavy atom. The van der Waals surface area contributed by atoms with Crippen LogP contribution in [0.25, 0.3) is 11.3 Å². The van der Waals surface area contributed by atoms with E-state index in [0.29, 0.717) is 0 Å². The van der Waals surface area contributed by atoms with Crippen LogP contribution < -0.4 is 5.32 Å². The summed E-state index contributed by atoms with van der Waals surface area (Å²) in [5.74, 6) is 0. The third kappa shape index (κ3) is 2.51. The van der Waals surface area contributed by atoms with Crippen LogP contribution in [-0.2, 0) is 6.54 Å². The second kappa shape index (κ2) is 5.27. The molecule has 3 nitrogen and oxygen atoms in total. The van der Waals surface area contributed by atoms with E-state index in [9.17, 15) is 0 Å². The zero-order valence-electron chi connectivity index (χ0n) is 9.13. The average molecular weight is 280 g/mol. The molecule has 2 rings (SSSR count). The van der Waals surface area contributed by atoms with Crippen LogP contribution in [0.5, 0.6) is 0 Å². The van der Waals surface area contributed by atoms with E-state index >= 15 is 0 Å². The lowest BCUT2D eigenvalue weighted by Gasteiger charge is -2.04. The van der Waals surface area contributed by atoms with E-state index in [0.717, 1.165) is 28.8 Å². The summed E-state index contributed by atoms with van der Waals surface area (Å²) in [4.78, 5) is 0.